The molecule has 0 fully saturated rings. The molecule has 180 valence electrons. The van der Waals surface area contributed by atoms with Gasteiger partial charge in [0.05, 0.1) is 25.8 Å². The molecule has 0 aliphatic carbocycles. The van der Waals surface area contributed by atoms with Gasteiger partial charge in [-0.25, -0.2) is 14.5 Å². The van der Waals surface area contributed by atoms with Crippen molar-refractivity contribution in [2.24, 2.45) is 5.16 Å². The van der Waals surface area contributed by atoms with Gasteiger partial charge in [-0.2, -0.15) is 0 Å². The molecule has 0 unspecified atom stereocenters. The van der Waals surface area contributed by atoms with Crippen molar-refractivity contribution in [2.45, 2.75) is 33.4 Å². The lowest BCUT2D eigenvalue weighted by Gasteiger charge is -2.11. The van der Waals surface area contributed by atoms with Crippen LogP contribution in [0.1, 0.15) is 29.1 Å². The lowest BCUT2D eigenvalue weighted by molar-refractivity contribution is 0.126. The van der Waals surface area contributed by atoms with Gasteiger partial charge >= 0.3 is 0 Å². The van der Waals surface area contributed by atoms with Gasteiger partial charge in [-0.05, 0) is 64.7 Å². The Morgan fingerprint density at radius 1 is 1.09 bits per heavy atom. The maximum absolute atomic E-state index is 5.46. The van der Waals surface area contributed by atoms with Gasteiger partial charge in [0.2, 0.25) is 0 Å². The van der Waals surface area contributed by atoms with E-state index in [-0.39, 0.29) is 6.61 Å². The van der Waals surface area contributed by atoms with E-state index in [1.807, 2.05) is 18.2 Å². The van der Waals surface area contributed by atoms with E-state index in [0.717, 1.165) is 41.8 Å². The van der Waals surface area contributed by atoms with Crippen LogP contribution in [-0.4, -0.2) is 70.1 Å². The van der Waals surface area contributed by atoms with Crippen LogP contribution in [0.5, 0.6) is 11.5 Å². The summed E-state index contributed by atoms with van der Waals surface area (Å²) in [6.45, 7) is 6.32. The Balaban J connectivity index is 1.51. The summed E-state index contributed by atoms with van der Waals surface area (Å²) >= 11 is 0. The minimum absolute atomic E-state index is 0.147. The average molecular weight is 466 g/mol. The highest BCUT2D eigenvalue weighted by atomic mass is 16.6. The van der Waals surface area contributed by atoms with Gasteiger partial charge in [-0.1, -0.05) is 5.16 Å². The minimum Gasteiger partial charge on any atom is -0.493 e. The summed E-state index contributed by atoms with van der Waals surface area (Å²) in [5, 5.41) is 9.59. The van der Waals surface area contributed by atoms with Gasteiger partial charge in [0, 0.05) is 17.8 Å². The monoisotopic (exact) mass is 465 g/mol. The molecular weight excluding hydrogens is 434 g/mol. The molecule has 0 atom stereocenters. The molecule has 3 aromatic heterocycles. The van der Waals surface area contributed by atoms with Crippen LogP contribution in [0.2, 0.25) is 0 Å². The second-order valence-corrected chi connectivity index (χ2v) is 8.38. The molecule has 10 heteroatoms. The fraction of sp³-hybridized carbons (Fsp3) is 0.417. The molecular formula is C24H31N7O3. The number of hydrogen-bond acceptors (Lipinski definition) is 8. The van der Waals surface area contributed by atoms with E-state index in [1.165, 1.54) is 11.3 Å². The van der Waals surface area contributed by atoms with Crippen molar-refractivity contribution < 1.29 is 14.3 Å². The van der Waals surface area contributed by atoms with Crippen molar-refractivity contribution in [2.75, 3.05) is 34.9 Å². The number of oxime groups is 1. The lowest BCUT2D eigenvalue weighted by atomic mass is 10.2. The van der Waals surface area contributed by atoms with E-state index in [1.54, 1.807) is 31.3 Å². The molecule has 0 aliphatic heterocycles. The number of methoxy groups -OCH3 is 2. The first-order chi connectivity index (χ1) is 16.4. The van der Waals surface area contributed by atoms with E-state index < -0.39 is 0 Å². The number of aryl methyl sites for hydroxylation is 2. The summed E-state index contributed by atoms with van der Waals surface area (Å²) in [6, 6.07) is 5.51. The number of ether oxygens (including phenoxy) is 2. The van der Waals surface area contributed by atoms with Crippen LogP contribution in [0, 0.1) is 13.8 Å². The Morgan fingerprint density at radius 3 is 2.62 bits per heavy atom. The smallest absolute Gasteiger partial charge is 0.192 e. The Bertz CT molecular complexity index is 1320. The fourth-order valence-corrected chi connectivity index (χ4v) is 3.98. The molecule has 4 aromatic rings. The summed E-state index contributed by atoms with van der Waals surface area (Å²) in [5.41, 5.74) is 4.92. The molecule has 0 N–H and O–H groups in total. The average Bonchev–Trinajstić information content (AvgIpc) is 3.35. The van der Waals surface area contributed by atoms with Crippen LogP contribution in [0.4, 0.5) is 0 Å². The summed E-state index contributed by atoms with van der Waals surface area (Å²) in [6.07, 6.45) is 4.37. The number of hydrogen-bond donors (Lipinski definition) is 0. The molecule has 1 aromatic carbocycles. The van der Waals surface area contributed by atoms with Gasteiger partial charge in [-0.3, -0.25) is 0 Å². The quantitative estimate of drug-likeness (QED) is 0.262. The normalized spacial score (nSPS) is 11.9. The summed E-state index contributed by atoms with van der Waals surface area (Å²) < 4.78 is 14.5. The minimum atomic E-state index is 0.147. The summed E-state index contributed by atoms with van der Waals surface area (Å²) in [7, 11) is 7.37. The fourth-order valence-electron chi connectivity index (χ4n) is 3.98. The van der Waals surface area contributed by atoms with Gasteiger partial charge in [0.25, 0.3) is 0 Å². The second kappa shape index (κ2) is 10.1. The highest BCUT2D eigenvalue weighted by molar-refractivity contribution is 5.93. The topological polar surface area (TPSA) is 91.3 Å². The molecule has 0 aliphatic rings. The molecule has 0 bridgehead atoms. The molecule has 4 rings (SSSR count). The van der Waals surface area contributed by atoms with E-state index in [9.17, 15) is 0 Å². The predicted molar refractivity (Wildman–Crippen MR) is 131 cm³/mol. The third kappa shape index (κ3) is 4.67. The maximum atomic E-state index is 5.46. The first-order valence-electron chi connectivity index (χ1n) is 11.1. The predicted octanol–water partition coefficient (Wildman–Crippen LogP) is 3.22. The number of fused-ring (bicyclic) bond motifs is 3. The first kappa shape index (κ1) is 23.5. The Hall–Kier alpha value is -3.66. The highest BCUT2D eigenvalue weighted by Crippen LogP contribution is 2.28. The van der Waals surface area contributed by atoms with Crippen molar-refractivity contribution in [3.05, 3.63) is 47.2 Å². The molecule has 10 nitrogen and oxygen atoms in total. The van der Waals surface area contributed by atoms with E-state index >= 15 is 0 Å². The lowest BCUT2D eigenvalue weighted by Crippen LogP contribution is -2.15. The standard InChI is InChI=1S/C24H31N7O3/c1-16-17(2)30(11-7-10-29(3)4)23-22(16)24-27-21(28-31(24)15-25-23)14-34-26-13-18-8-9-19(32-5)20(12-18)33-6/h8-9,12-13,15H,7,10-11,14H2,1-6H3/b26-13-. The van der Waals surface area contributed by atoms with Gasteiger partial charge in [-0.15, -0.1) is 5.10 Å². The highest BCUT2D eigenvalue weighted by Gasteiger charge is 2.18. The third-order valence-electron chi connectivity index (χ3n) is 5.85. The van der Waals surface area contributed by atoms with Crippen LogP contribution in [0.15, 0.2) is 29.7 Å². The molecule has 0 radical (unpaired) electrons. The zero-order chi connectivity index (χ0) is 24.2. The van der Waals surface area contributed by atoms with Crippen molar-refractivity contribution >= 4 is 22.9 Å². The van der Waals surface area contributed by atoms with Crippen LogP contribution in [-0.2, 0) is 18.0 Å². The maximum Gasteiger partial charge on any atom is 0.192 e. The Morgan fingerprint density at radius 2 is 1.88 bits per heavy atom. The molecule has 3 heterocycles. The van der Waals surface area contributed by atoms with Gasteiger partial charge in [0.1, 0.15) is 12.0 Å². The number of nitrogens with zero attached hydrogens (tertiary/aromatic N) is 7. The number of aromatic nitrogens is 5. The van der Waals surface area contributed by atoms with Crippen molar-refractivity contribution in [3.8, 4) is 11.5 Å². The van der Waals surface area contributed by atoms with Crippen LogP contribution < -0.4 is 9.47 Å². The zero-order valence-electron chi connectivity index (χ0n) is 20.6. The zero-order valence-corrected chi connectivity index (χ0v) is 20.6. The second-order valence-electron chi connectivity index (χ2n) is 8.38. The largest absolute Gasteiger partial charge is 0.493 e. The molecule has 0 spiro atoms. The van der Waals surface area contributed by atoms with Gasteiger partial charge < -0.3 is 23.8 Å². The van der Waals surface area contributed by atoms with E-state index in [4.69, 9.17) is 19.3 Å². The van der Waals surface area contributed by atoms with Crippen LogP contribution in [0.3, 0.4) is 0 Å². The van der Waals surface area contributed by atoms with Crippen LogP contribution in [0.25, 0.3) is 16.7 Å². The molecule has 0 amide bonds. The number of rotatable bonds is 10. The van der Waals surface area contributed by atoms with Gasteiger partial charge in [0.15, 0.2) is 29.6 Å². The van der Waals surface area contributed by atoms with E-state index in [0.29, 0.717) is 17.3 Å². The number of benzene rings is 1. The van der Waals surface area contributed by atoms with Crippen molar-refractivity contribution in [1.29, 1.82) is 0 Å². The first-order valence-corrected chi connectivity index (χ1v) is 11.1. The molecule has 0 saturated carbocycles. The molecule has 0 saturated heterocycles. The molecule has 34 heavy (non-hydrogen) atoms. The summed E-state index contributed by atoms with van der Waals surface area (Å²) in [4.78, 5) is 17.1. The SMILES string of the molecule is COc1ccc(/C=N\OCc2nc3c4c(C)c(C)n(CCCN(C)C)c4ncn3n2)cc1OC. The van der Waals surface area contributed by atoms with E-state index in [2.05, 4.69) is 52.6 Å². The third-order valence-corrected chi connectivity index (χ3v) is 5.85. The van der Waals surface area contributed by atoms with Crippen LogP contribution >= 0.6 is 0 Å². The van der Waals surface area contributed by atoms with Crippen molar-refractivity contribution in [1.82, 2.24) is 29.0 Å². The Kier molecular flexibility index (Phi) is 6.97. The Labute approximate surface area is 198 Å². The summed E-state index contributed by atoms with van der Waals surface area (Å²) in [5.74, 6) is 1.83. The van der Waals surface area contributed by atoms with Crippen molar-refractivity contribution in [3.63, 3.8) is 0 Å².